The summed E-state index contributed by atoms with van der Waals surface area (Å²) in [5.41, 5.74) is 0.558. The van der Waals surface area contributed by atoms with E-state index in [1.807, 2.05) is 12.1 Å². The van der Waals surface area contributed by atoms with Crippen LogP contribution in [0.5, 0.6) is 11.5 Å². The lowest BCUT2D eigenvalue weighted by Crippen LogP contribution is -2.20. The van der Waals surface area contributed by atoms with Gasteiger partial charge in [0.15, 0.2) is 18.1 Å². The number of nitrogens with one attached hydrogen (secondary N) is 1. The predicted octanol–water partition coefficient (Wildman–Crippen LogP) is 3.37. The minimum absolute atomic E-state index is 0.119. The molecule has 5 heteroatoms. The Morgan fingerprint density at radius 2 is 1.75 bits per heavy atom. The van der Waals surface area contributed by atoms with Crippen LogP contribution in [0.3, 0.4) is 0 Å². The van der Waals surface area contributed by atoms with Crippen LogP contribution in [-0.2, 0) is 4.79 Å². The van der Waals surface area contributed by atoms with Gasteiger partial charge < -0.3 is 14.8 Å². The smallest absolute Gasteiger partial charge is 0.262 e. The van der Waals surface area contributed by atoms with Gasteiger partial charge in [0, 0.05) is 0 Å². The van der Waals surface area contributed by atoms with E-state index in [2.05, 4.69) is 5.32 Å². The molecule has 0 unspecified atom stereocenters. The normalized spacial score (nSPS) is 9.90. The average Bonchev–Trinajstić information content (AvgIpc) is 2.48. The molecule has 2 rings (SSSR count). The Hall–Kier alpha value is -2.20. The number of para-hydroxylation sites is 3. The van der Waals surface area contributed by atoms with Gasteiger partial charge in [-0.05, 0) is 24.3 Å². The standard InChI is InChI=1S/C15H14ClNO3/c1-19-13-8-4-5-9-14(13)20-10-15(18)17-12-7-3-2-6-11(12)16/h2-9H,10H2,1H3,(H,17,18). The third-order valence-electron chi connectivity index (χ3n) is 2.58. The molecule has 104 valence electrons. The number of hydrogen-bond acceptors (Lipinski definition) is 3. The summed E-state index contributed by atoms with van der Waals surface area (Å²) in [7, 11) is 1.55. The minimum Gasteiger partial charge on any atom is -0.493 e. The Labute approximate surface area is 122 Å². The molecule has 0 spiro atoms. The molecule has 0 fully saturated rings. The molecule has 0 bridgehead atoms. The largest absolute Gasteiger partial charge is 0.493 e. The zero-order valence-electron chi connectivity index (χ0n) is 10.9. The summed E-state index contributed by atoms with van der Waals surface area (Å²) in [4.78, 5) is 11.8. The van der Waals surface area contributed by atoms with Gasteiger partial charge in [-0.2, -0.15) is 0 Å². The molecule has 0 saturated carbocycles. The highest BCUT2D eigenvalue weighted by atomic mass is 35.5. The first-order chi connectivity index (χ1) is 9.70. The maximum atomic E-state index is 11.8. The van der Waals surface area contributed by atoms with Crippen molar-refractivity contribution in [2.24, 2.45) is 0 Å². The molecular weight excluding hydrogens is 278 g/mol. The van der Waals surface area contributed by atoms with Gasteiger partial charge in [-0.1, -0.05) is 35.9 Å². The predicted molar refractivity (Wildman–Crippen MR) is 78.6 cm³/mol. The molecule has 4 nitrogen and oxygen atoms in total. The van der Waals surface area contributed by atoms with E-state index in [-0.39, 0.29) is 12.5 Å². The first-order valence-electron chi connectivity index (χ1n) is 6.01. The topological polar surface area (TPSA) is 47.6 Å². The van der Waals surface area contributed by atoms with Crippen molar-refractivity contribution in [2.75, 3.05) is 19.0 Å². The third-order valence-corrected chi connectivity index (χ3v) is 2.91. The highest BCUT2D eigenvalue weighted by Crippen LogP contribution is 2.26. The fraction of sp³-hybridized carbons (Fsp3) is 0.133. The number of hydrogen-bond donors (Lipinski definition) is 1. The number of halogens is 1. The van der Waals surface area contributed by atoms with Crippen molar-refractivity contribution >= 4 is 23.2 Å². The molecule has 0 aliphatic rings. The summed E-state index contributed by atoms with van der Waals surface area (Å²) in [6, 6.07) is 14.2. The van der Waals surface area contributed by atoms with E-state index in [0.717, 1.165) is 0 Å². The molecule has 2 aromatic carbocycles. The summed E-state index contributed by atoms with van der Waals surface area (Å²) in [6.07, 6.45) is 0. The summed E-state index contributed by atoms with van der Waals surface area (Å²) < 4.78 is 10.6. The zero-order valence-corrected chi connectivity index (χ0v) is 11.7. The van der Waals surface area contributed by atoms with Crippen LogP contribution in [0.25, 0.3) is 0 Å². The molecule has 0 radical (unpaired) electrons. The maximum absolute atomic E-state index is 11.8. The molecule has 0 aromatic heterocycles. The number of ether oxygens (including phenoxy) is 2. The summed E-state index contributed by atoms with van der Waals surface area (Å²) >= 11 is 5.96. The highest BCUT2D eigenvalue weighted by Gasteiger charge is 2.08. The monoisotopic (exact) mass is 291 g/mol. The number of carbonyl (C=O) groups is 1. The second-order valence-corrected chi connectivity index (χ2v) is 4.37. The van der Waals surface area contributed by atoms with Crippen molar-refractivity contribution in [3.8, 4) is 11.5 Å². The van der Waals surface area contributed by atoms with Crippen LogP contribution in [0.4, 0.5) is 5.69 Å². The van der Waals surface area contributed by atoms with Gasteiger partial charge in [0.25, 0.3) is 5.91 Å². The van der Waals surface area contributed by atoms with Crippen molar-refractivity contribution in [1.29, 1.82) is 0 Å². The average molecular weight is 292 g/mol. The van der Waals surface area contributed by atoms with E-state index in [4.69, 9.17) is 21.1 Å². The first-order valence-corrected chi connectivity index (χ1v) is 6.38. The van der Waals surface area contributed by atoms with Gasteiger partial charge in [-0.3, -0.25) is 4.79 Å². The van der Waals surface area contributed by atoms with Gasteiger partial charge in [0.05, 0.1) is 17.8 Å². The lowest BCUT2D eigenvalue weighted by Gasteiger charge is -2.11. The van der Waals surface area contributed by atoms with Crippen molar-refractivity contribution in [1.82, 2.24) is 0 Å². The van der Waals surface area contributed by atoms with E-state index >= 15 is 0 Å². The fourth-order valence-electron chi connectivity index (χ4n) is 1.63. The lowest BCUT2D eigenvalue weighted by molar-refractivity contribution is -0.118. The van der Waals surface area contributed by atoms with Crippen molar-refractivity contribution in [2.45, 2.75) is 0 Å². The molecule has 0 saturated heterocycles. The second-order valence-electron chi connectivity index (χ2n) is 3.97. The van der Waals surface area contributed by atoms with Crippen LogP contribution < -0.4 is 14.8 Å². The number of anilines is 1. The number of rotatable bonds is 5. The van der Waals surface area contributed by atoms with E-state index in [9.17, 15) is 4.79 Å². The zero-order chi connectivity index (χ0) is 14.4. The third kappa shape index (κ3) is 3.65. The van der Waals surface area contributed by atoms with E-state index < -0.39 is 0 Å². The van der Waals surface area contributed by atoms with Crippen molar-refractivity contribution in [3.63, 3.8) is 0 Å². The summed E-state index contributed by atoms with van der Waals surface area (Å²) in [5, 5.41) is 3.17. The molecule has 1 N–H and O–H groups in total. The molecular formula is C15H14ClNO3. The molecule has 2 aromatic rings. The lowest BCUT2D eigenvalue weighted by atomic mass is 10.3. The summed E-state index contributed by atoms with van der Waals surface area (Å²) in [6.45, 7) is -0.119. The van der Waals surface area contributed by atoms with Gasteiger partial charge in [0.1, 0.15) is 0 Å². The van der Waals surface area contributed by atoms with Gasteiger partial charge in [-0.15, -0.1) is 0 Å². The van der Waals surface area contributed by atoms with Crippen molar-refractivity contribution in [3.05, 3.63) is 53.6 Å². The Balaban J connectivity index is 1.94. The second kappa shape index (κ2) is 6.82. The Morgan fingerprint density at radius 1 is 1.10 bits per heavy atom. The fourth-order valence-corrected chi connectivity index (χ4v) is 1.81. The molecule has 20 heavy (non-hydrogen) atoms. The Morgan fingerprint density at radius 3 is 2.45 bits per heavy atom. The Bertz CT molecular complexity index is 601. The Kier molecular flexibility index (Phi) is 4.85. The van der Waals surface area contributed by atoms with Crippen LogP contribution >= 0.6 is 11.6 Å². The highest BCUT2D eigenvalue weighted by molar-refractivity contribution is 6.33. The van der Waals surface area contributed by atoms with E-state index in [1.165, 1.54) is 0 Å². The molecule has 0 aliphatic carbocycles. The van der Waals surface area contributed by atoms with Crippen LogP contribution in [0.2, 0.25) is 5.02 Å². The van der Waals surface area contributed by atoms with Gasteiger partial charge in [-0.25, -0.2) is 0 Å². The number of carbonyl (C=O) groups excluding carboxylic acids is 1. The molecule has 0 heterocycles. The van der Waals surface area contributed by atoms with Crippen molar-refractivity contribution < 1.29 is 14.3 Å². The van der Waals surface area contributed by atoms with Crippen LogP contribution in [0, 0.1) is 0 Å². The number of methoxy groups -OCH3 is 1. The van der Waals surface area contributed by atoms with E-state index in [0.29, 0.717) is 22.2 Å². The minimum atomic E-state index is -0.288. The van der Waals surface area contributed by atoms with E-state index in [1.54, 1.807) is 43.5 Å². The first kappa shape index (κ1) is 14.2. The van der Waals surface area contributed by atoms with Crippen LogP contribution in [0.15, 0.2) is 48.5 Å². The molecule has 0 aliphatic heterocycles. The summed E-state index contributed by atoms with van der Waals surface area (Å²) in [5.74, 6) is 0.811. The maximum Gasteiger partial charge on any atom is 0.262 e. The van der Waals surface area contributed by atoms with Crippen LogP contribution in [-0.4, -0.2) is 19.6 Å². The SMILES string of the molecule is COc1ccccc1OCC(=O)Nc1ccccc1Cl. The molecule has 0 atom stereocenters. The van der Waals surface area contributed by atoms with Gasteiger partial charge in [0.2, 0.25) is 0 Å². The number of amides is 1. The van der Waals surface area contributed by atoms with Gasteiger partial charge >= 0.3 is 0 Å². The van der Waals surface area contributed by atoms with Crippen LogP contribution in [0.1, 0.15) is 0 Å². The quantitative estimate of drug-likeness (QED) is 0.919. The number of benzene rings is 2. The molecule has 1 amide bonds.